The van der Waals surface area contributed by atoms with E-state index in [4.69, 9.17) is 0 Å². The molecule has 0 unspecified atom stereocenters. The molecule has 0 bridgehead atoms. The molecule has 5 aromatic carbocycles. The Morgan fingerprint density at radius 2 is 1.43 bits per heavy atom. The third-order valence-electron chi connectivity index (χ3n) is 8.82. The second-order valence-corrected chi connectivity index (χ2v) is 13.2. The Kier molecular flexibility index (Phi) is 4.00. The van der Waals surface area contributed by atoms with Gasteiger partial charge in [0.1, 0.15) is 4.83 Å². The fourth-order valence-corrected chi connectivity index (χ4v) is 9.61. The number of aryl methyl sites for hydroxylation is 1. The quantitative estimate of drug-likeness (QED) is 0.200. The van der Waals surface area contributed by atoms with Gasteiger partial charge >= 0.3 is 0 Å². The second kappa shape index (κ2) is 7.45. The molecule has 0 radical (unpaired) electrons. The molecule has 0 amide bonds. The number of benzene rings is 5. The second-order valence-electron chi connectivity index (χ2n) is 11.1. The SMILES string of the molecule is Cc1cc(-c2cccc3c2[nH]c2c4ccccc4sc32)c2c(c1)-n1c3sc4ccccc4c3c3cccc(c31)B2. The largest absolute Gasteiger partial charge is 0.353 e. The van der Waals surface area contributed by atoms with E-state index in [0.29, 0.717) is 0 Å². The van der Waals surface area contributed by atoms with Crippen LogP contribution >= 0.6 is 22.7 Å². The van der Waals surface area contributed by atoms with E-state index in [9.17, 15) is 0 Å². The lowest BCUT2D eigenvalue weighted by Crippen LogP contribution is -2.37. The summed E-state index contributed by atoms with van der Waals surface area (Å²) in [6.45, 7) is 2.24. The molecule has 5 heteroatoms. The maximum atomic E-state index is 3.88. The molecule has 9 aromatic rings. The van der Waals surface area contributed by atoms with Gasteiger partial charge in [0.25, 0.3) is 0 Å². The number of hydrogen-bond acceptors (Lipinski definition) is 2. The Morgan fingerprint density at radius 3 is 2.33 bits per heavy atom. The molecule has 1 aliphatic rings. The zero-order valence-corrected chi connectivity index (χ0v) is 23.3. The van der Waals surface area contributed by atoms with Crippen LogP contribution in [0.4, 0.5) is 0 Å². The number of rotatable bonds is 1. The van der Waals surface area contributed by atoms with E-state index in [-0.39, 0.29) is 0 Å². The summed E-state index contributed by atoms with van der Waals surface area (Å²) in [7, 11) is 0.936. The summed E-state index contributed by atoms with van der Waals surface area (Å²) < 4.78 is 6.61. The lowest BCUT2D eigenvalue weighted by molar-refractivity contribution is 1.20. The van der Waals surface area contributed by atoms with Crippen molar-refractivity contribution >= 4 is 103 Å². The fraction of sp³-hybridized carbons (Fsp3) is 0.0286. The predicted octanol–water partition coefficient (Wildman–Crippen LogP) is 8.52. The normalized spacial score (nSPS) is 12.8. The number of H-pyrrole nitrogens is 1. The Labute approximate surface area is 238 Å². The van der Waals surface area contributed by atoms with Crippen LogP contribution in [0.3, 0.4) is 0 Å². The first-order chi connectivity index (χ1) is 19.7. The van der Waals surface area contributed by atoms with Crippen molar-refractivity contribution in [2.24, 2.45) is 0 Å². The molecule has 5 heterocycles. The first-order valence-corrected chi connectivity index (χ1v) is 15.4. The topological polar surface area (TPSA) is 20.7 Å². The maximum Gasteiger partial charge on any atom is 0.198 e. The van der Waals surface area contributed by atoms with Crippen LogP contribution in [0.25, 0.3) is 79.2 Å². The van der Waals surface area contributed by atoms with Crippen molar-refractivity contribution in [1.82, 2.24) is 9.55 Å². The Morgan fingerprint density at radius 1 is 0.675 bits per heavy atom. The third kappa shape index (κ3) is 2.60. The number of fused-ring (bicyclic) bond motifs is 12. The van der Waals surface area contributed by atoms with Gasteiger partial charge in [-0.3, -0.25) is 0 Å². The van der Waals surface area contributed by atoms with Gasteiger partial charge in [0.2, 0.25) is 0 Å². The number of hydrogen-bond donors (Lipinski definition) is 1. The number of para-hydroxylation sites is 2. The van der Waals surface area contributed by atoms with Gasteiger partial charge in [-0.15, -0.1) is 22.7 Å². The Hall–Kier alpha value is -4.32. The van der Waals surface area contributed by atoms with Crippen molar-refractivity contribution in [3.8, 4) is 16.8 Å². The molecule has 10 rings (SSSR count). The first-order valence-electron chi connectivity index (χ1n) is 13.7. The van der Waals surface area contributed by atoms with Crippen LogP contribution in [0.15, 0.2) is 97.1 Å². The summed E-state index contributed by atoms with van der Waals surface area (Å²) in [5.41, 5.74) is 12.0. The molecule has 40 heavy (non-hydrogen) atoms. The van der Waals surface area contributed by atoms with Crippen LogP contribution in [0, 0.1) is 6.92 Å². The van der Waals surface area contributed by atoms with Crippen molar-refractivity contribution in [2.45, 2.75) is 6.92 Å². The molecule has 0 saturated carbocycles. The standard InChI is InChI=1S/C35H21BN2S2/c1-18-16-24(19-10-6-12-23-31(19)37-32-21-9-3-5-15-28(21)39-34(23)32)30-26(17-18)38-33-22(11-7-13-25(33)36-30)29-20-8-2-4-14-27(20)40-35(29)38/h2-17,36-37H,1H3. The lowest BCUT2D eigenvalue weighted by Gasteiger charge is -2.24. The summed E-state index contributed by atoms with van der Waals surface area (Å²) in [6.07, 6.45) is 0. The van der Waals surface area contributed by atoms with Crippen LogP contribution in [-0.4, -0.2) is 16.8 Å². The number of aromatic amines is 1. The highest BCUT2D eigenvalue weighted by Gasteiger charge is 2.28. The van der Waals surface area contributed by atoms with Gasteiger partial charge in [-0.25, -0.2) is 0 Å². The van der Waals surface area contributed by atoms with Crippen molar-refractivity contribution in [3.05, 3.63) is 103 Å². The van der Waals surface area contributed by atoms with E-state index in [0.717, 1.165) is 7.28 Å². The molecule has 0 spiro atoms. The minimum Gasteiger partial charge on any atom is -0.353 e. The molecule has 0 aliphatic carbocycles. The van der Waals surface area contributed by atoms with Crippen molar-refractivity contribution in [3.63, 3.8) is 0 Å². The van der Waals surface area contributed by atoms with Gasteiger partial charge in [0.15, 0.2) is 7.28 Å². The number of nitrogens with zero attached hydrogens (tertiary/aromatic N) is 1. The smallest absolute Gasteiger partial charge is 0.198 e. The van der Waals surface area contributed by atoms with E-state index in [1.54, 1.807) is 0 Å². The summed E-state index contributed by atoms with van der Waals surface area (Å²) in [4.78, 5) is 5.23. The highest BCUT2D eigenvalue weighted by molar-refractivity contribution is 7.26. The molecule has 1 aliphatic heterocycles. The molecular formula is C35H21BN2S2. The zero-order chi connectivity index (χ0) is 26.1. The van der Waals surface area contributed by atoms with Crippen molar-refractivity contribution < 1.29 is 0 Å². The van der Waals surface area contributed by atoms with Gasteiger partial charge in [-0.1, -0.05) is 84.3 Å². The number of nitrogens with one attached hydrogen (secondary N) is 1. The maximum absolute atomic E-state index is 3.88. The minimum absolute atomic E-state index is 0.936. The highest BCUT2D eigenvalue weighted by Crippen LogP contribution is 2.44. The van der Waals surface area contributed by atoms with Crippen molar-refractivity contribution in [2.75, 3.05) is 0 Å². The Bertz CT molecular complexity index is 2540. The van der Waals surface area contributed by atoms with Crippen LogP contribution in [0.5, 0.6) is 0 Å². The van der Waals surface area contributed by atoms with E-state index in [2.05, 4.69) is 114 Å². The van der Waals surface area contributed by atoms with Gasteiger partial charge < -0.3 is 9.55 Å². The van der Waals surface area contributed by atoms with Crippen LogP contribution in [0.2, 0.25) is 0 Å². The van der Waals surface area contributed by atoms with Crippen LogP contribution < -0.4 is 10.9 Å². The number of aromatic nitrogens is 2. The van der Waals surface area contributed by atoms with Crippen molar-refractivity contribution in [1.29, 1.82) is 0 Å². The van der Waals surface area contributed by atoms with Gasteiger partial charge in [-0.05, 0) is 41.7 Å². The molecule has 2 nitrogen and oxygen atoms in total. The third-order valence-corrected chi connectivity index (χ3v) is 11.2. The minimum atomic E-state index is 0.936. The van der Waals surface area contributed by atoms with Crippen LogP contribution in [-0.2, 0) is 0 Å². The molecule has 1 N–H and O–H groups in total. The molecule has 186 valence electrons. The summed E-state index contributed by atoms with van der Waals surface area (Å²) in [5, 5.41) is 6.76. The van der Waals surface area contributed by atoms with Gasteiger partial charge in [-0.2, -0.15) is 0 Å². The lowest BCUT2D eigenvalue weighted by atomic mass is 9.59. The van der Waals surface area contributed by atoms with E-state index in [1.165, 1.54) is 95.7 Å². The first kappa shape index (κ1) is 21.5. The van der Waals surface area contributed by atoms with Crippen LogP contribution in [0.1, 0.15) is 5.56 Å². The van der Waals surface area contributed by atoms with E-state index >= 15 is 0 Å². The molecule has 0 atom stereocenters. The summed E-state index contributed by atoms with van der Waals surface area (Å²) in [5.74, 6) is 0. The predicted molar refractivity (Wildman–Crippen MR) is 177 cm³/mol. The van der Waals surface area contributed by atoms with E-state index in [1.807, 2.05) is 22.7 Å². The summed E-state index contributed by atoms with van der Waals surface area (Å²) in [6, 6.07) is 36.1. The highest BCUT2D eigenvalue weighted by atomic mass is 32.1. The average Bonchev–Trinajstić information content (AvgIpc) is 3.71. The van der Waals surface area contributed by atoms with E-state index < -0.39 is 0 Å². The Balaban J connectivity index is 1.32. The summed E-state index contributed by atoms with van der Waals surface area (Å²) >= 11 is 3.81. The zero-order valence-electron chi connectivity index (χ0n) is 21.7. The van der Waals surface area contributed by atoms with Gasteiger partial charge in [0, 0.05) is 53.1 Å². The molecule has 0 fully saturated rings. The number of thiophene rings is 2. The molecular weight excluding hydrogens is 523 g/mol. The monoisotopic (exact) mass is 544 g/mol. The molecule has 0 saturated heterocycles. The van der Waals surface area contributed by atoms with Gasteiger partial charge in [0.05, 0.1) is 15.7 Å². The molecule has 4 aromatic heterocycles. The average molecular weight is 545 g/mol. The fourth-order valence-electron chi connectivity index (χ4n) is 7.18.